The Morgan fingerprint density at radius 2 is 1.89 bits per heavy atom. The van der Waals surface area contributed by atoms with Gasteiger partial charge < -0.3 is 9.40 Å². The van der Waals surface area contributed by atoms with E-state index in [0.717, 1.165) is 31.6 Å². The molecule has 6 aromatic rings. The Morgan fingerprint density at radius 3 is 2.67 bits per heavy atom. The van der Waals surface area contributed by atoms with Gasteiger partial charge in [0.05, 0.1) is 26.8 Å². The Bertz CT molecular complexity index is 1190. The fraction of sp³-hybridized carbons (Fsp3) is 0. The first-order valence-corrected chi connectivity index (χ1v) is 10.7. The Hall–Kier alpha value is -2.81. The van der Waals surface area contributed by atoms with Crippen LogP contribution in [0.5, 0.6) is 0 Å². The predicted octanol–water partition coefficient (Wildman–Crippen LogP) is 6.30. The van der Waals surface area contributed by atoms with Crippen LogP contribution in [0.3, 0.4) is 0 Å². The van der Waals surface area contributed by atoms with Crippen LogP contribution in [0.25, 0.3) is 42.2 Å². The van der Waals surface area contributed by atoms with Crippen LogP contribution in [0.15, 0.2) is 70.1 Å². The number of hydrogen-bond donors (Lipinski definition) is 1. The maximum atomic E-state index is 5.08. The highest BCUT2D eigenvalue weighted by atomic mass is 32.1. The molecule has 0 fully saturated rings. The van der Waals surface area contributed by atoms with E-state index in [1.807, 2.05) is 47.2 Å². The third kappa shape index (κ3) is 3.30. The van der Waals surface area contributed by atoms with Gasteiger partial charge in [0.2, 0.25) is 5.89 Å². The number of nitrogens with one attached hydrogen (secondary N) is 1. The zero-order chi connectivity index (χ0) is 18.1. The standard InChI is InChI=1S/C12H7N3S2.C7H5NOS/c1-2-4-9-7(3-1)14-12(17-9)10-13-8-5-6-16-11(8)15-10;1-2-6(10-5-1)7-8-3-4-9-7/h1-6H,(H,13,15);1-5H. The first kappa shape index (κ1) is 16.4. The number of benzene rings is 1. The largest absolute Gasteiger partial charge is 0.444 e. The van der Waals surface area contributed by atoms with E-state index in [4.69, 9.17) is 4.42 Å². The van der Waals surface area contributed by atoms with Gasteiger partial charge in [0.25, 0.3) is 0 Å². The zero-order valence-electron chi connectivity index (χ0n) is 13.8. The van der Waals surface area contributed by atoms with Gasteiger partial charge in [-0.05, 0) is 35.0 Å². The van der Waals surface area contributed by atoms with Crippen molar-refractivity contribution in [3.05, 3.63) is 65.7 Å². The SMILES string of the molecule is c1ccc2sc(-c3nc4sccc4[nH]3)nc2c1.c1csc(-c2ncco2)c1. The molecule has 1 N–H and O–H groups in total. The van der Waals surface area contributed by atoms with Gasteiger partial charge in [-0.2, -0.15) is 0 Å². The van der Waals surface area contributed by atoms with Crippen molar-refractivity contribution in [2.75, 3.05) is 0 Å². The third-order valence-corrected chi connectivity index (χ3v) is 6.48. The predicted molar refractivity (Wildman–Crippen MR) is 112 cm³/mol. The summed E-state index contributed by atoms with van der Waals surface area (Å²) >= 11 is 4.94. The molecule has 0 radical (unpaired) electrons. The number of imidazole rings is 1. The second-order valence-electron chi connectivity index (χ2n) is 5.53. The Balaban J connectivity index is 0.000000137. The first-order chi connectivity index (χ1) is 13.4. The molecule has 0 bridgehead atoms. The molecule has 6 rings (SSSR count). The molecular weight excluding hydrogens is 396 g/mol. The molecule has 0 aliphatic rings. The van der Waals surface area contributed by atoms with E-state index in [2.05, 4.69) is 26.0 Å². The normalized spacial score (nSPS) is 11.0. The number of aromatic amines is 1. The van der Waals surface area contributed by atoms with Crippen molar-refractivity contribution in [1.29, 1.82) is 0 Å². The number of fused-ring (bicyclic) bond motifs is 2. The molecule has 0 saturated carbocycles. The number of nitrogens with zero attached hydrogens (tertiary/aromatic N) is 3. The number of oxazole rings is 1. The summed E-state index contributed by atoms with van der Waals surface area (Å²) in [4.78, 5) is 18.6. The van der Waals surface area contributed by atoms with Gasteiger partial charge in [-0.25, -0.2) is 15.0 Å². The van der Waals surface area contributed by atoms with E-state index >= 15 is 0 Å². The van der Waals surface area contributed by atoms with E-state index in [1.165, 1.54) is 4.70 Å². The number of H-pyrrole nitrogens is 1. The van der Waals surface area contributed by atoms with E-state index in [0.29, 0.717) is 5.89 Å². The van der Waals surface area contributed by atoms with E-state index in [-0.39, 0.29) is 0 Å². The van der Waals surface area contributed by atoms with Crippen molar-refractivity contribution < 1.29 is 4.42 Å². The second-order valence-corrected chi connectivity index (χ2v) is 8.40. The average Bonchev–Trinajstić information content (AvgIpc) is 3.51. The van der Waals surface area contributed by atoms with Crippen LogP contribution in [0.1, 0.15) is 0 Å². The van der Waals surface area contributed by atoms with E-state index < -0.39 is 0 Å². The van der Waals surface area contributed by atoms with Gasteiger partial charge >= 0.3 is 0 Å². The molecule has 0 saturated heterocycles. The minimum atomic E-state index is 0.704. The van der Waals surface area contributed by atoms with Gasteiger partial charge in [-0.3, -0.25) is 0 Å². The fourth-order valence-electron chi connectivity index (χ4n) is 2.56. The summed E-state index contributed by atoms with van der Waals surface area (Å²) in [5, 5.41) is 4.99. The maximum Gasteiger partial charge on any atom is 0.236 e. The molecule has 0 aliphatic carbocycles. The van der Waals surface area contributed by atoms with Crippen molar-refractivity contribution in [2.24, 2.45) is 0 Å². The summed E-state index contributed by atoms with van der Waals surface area (Å²) in [6.07, 6.45) is 3.23. The summed E-state index contributed by atoms with van der Waals surface area (Å²) in [5.41, 5.74) is 2.12. The van der Waals surface area contributed by atoms with Crippen LogP contribution < -0.4 is 0 Å². The average molecular weight is 409 g/mol. The number of para-hydroxylation sites is 1. The summed E-state index contributed by atoms with van der Waals surface area (Å²) in [6, 6.07) is 14.2. The summed E-state index contributed by atoms with van der Waals surface area (Å²) in [7, 11) is 0. The summed E-state index contributed by atoms with van der Waals surface area (Å²) < 4.78 is 6.27. The first-order valence-electron chi connectivity index (χ1n) is 8.09. The lowest BCUT2D eigenvalue weighted by Crippen LogP contribution is -1.77. The topological polar surface area (TPSA) is 67.6 Å². The Kier molecular flexibility index (Phi) is 4.29. The minimum absolute atomic E-state index is 0.704. The van der Waals surface area contributed by atoms with Gasteiger partial charge in [0, 0.05) is 0 Å². The lowest BCUT2D eigenvalue weighted by molar-refractivity contribution is 0.576. The molecule has 132 valence electrons. The molecule has 0 unspecified atom stereocenters. The van der Waals surface area contributed by atoms with Crippen LogP contribution >= 0.6 is 34.0 Å². The molecule has 0 aliphatic heterocycles. The van der Waals surface area contributed by atoms with Crippen molar-refractivity contribution >= 4 is 54.6 Å². The smallest absolute Gasteiger partial charge is 0.236 e. The quantitative estimate of drug-likeness (QED) is 0.365. The molecule has 1 aromatic carbocycles. The fourth-order valence-corrected chi connectivity index (χ4v) is 4.86. The van der Waals surface area contributed by atoms with Crippen molar-refractivity contribution in [2.45, 2.75) is 0 Å². The number of hydrogen-bond acceptors (Lipinski definition) is 7. The van der Waals surface area contributed by atoms with Gasteiger partial charge in [0.1, 0.15) is 11.1 Å². The highest BCUT2D eigenvalue weighted by Gasteiger charge is 2.10. The van der Waals surface area contributed by atoms with Gasteiger partial charge in [0.15, 0.2) is 10.8 Å². The highest BCUT2D eigenvalue weighted by Crippen LogP contribution is 2.30. The number of aromatic nitrogens is 4. The van der Waals surface area contributed by atoms with Crippen LogP contribution in [-0.4, -0.2) is 19.9 Å². The lowest BCUT2D eigenvalue weighted by atomic mass is 10.3. The zero-order valence-corrected chi connectivity index (χ0v) is 16.3. The van der Waals surface area contributed by atoms with E-state index in [9.17, 15) is 0 Å². The molecule has 27 heavy (non-hydrogen) atoms. The van der Waals surface area contributed by atoms with Crippen molar-refractivity contribution in [3.8, 4) is 21.6 Å². The number of thiophene rings is 2. The monoisotopic (exact) mass is 408 g/mol. The third-order valence-electron chi connectivity index (χ3n) is 3.77. The maximum absolute atomic E-state index is 5.08. The Labute approximate surface area is 166 Å². The van der Waals surface area contributed by atoms with Crippen LogP contribution in [0.4, 0.5) is 0 Å². The number of thiazole rings is 1. The highest BCUT2D eigenvalue weighted by molar-refractivity contribution is 7.21. The molecular formula is C19H12N4OS3. The van der Waals surface area contributed by atoms with Crippen LogP contribution in [-0.2, 0) is 0 Å². The van der Waals surface area contributed by atoms with Crippen LogP contribution in [0.2, 0.25) is 0 Å². The lowest BCUT2D eigenvalue weighted by Gasteiger charge is -1.85. The van der Waals surface area contributed by atoms with Gasteiger partial charge in [-0.15, -0.1) is 34.0 Å². The molecule has 8 heteroatoms. The van der Waals surface area contributed by atoms with Crippen LogP contribution in [0, 0.1) is 0 Å². The molecule has 5 heterocycles. The van der Waals surface area contributed by atoms with Crippen molar-refractivity contribution in [1.82, 2.24) is 19.9 Å². The number of rotatable bonds is 2. The minimum Gasteiger partial charge on any atom is -0.444 e. The molecule has 0 amide bonds. The molecule has 5 aromatic heterocycles. The molecule has 0 atom stereocenters. The van der Waals surface area contributed by atoms with E-state index in [1.54, 1.807) is 46.5 Å². The van der Waals surface area contributed by atoms with Gasteiger partial charge in [-0.1, -0.05) is 18.2 Å². The Morgan fingerprint density at radius 1 is 0.926 bits per heavy atom. The van der Waals surface area contributed by atoms with Crippen molar-refractivity contribution in [3.63, 3.8) is 0 Å². The molecule has 0 spiro atoms. The summed E-state index contributed by atoms with van der Waals surface area (Å²) in [6.45, 7) is 0. The summed E-state index contributed by atoms with van der Waals surface area (Å²) in [5.74, 6) is 1.57. The second kappa shape index (κ2) is 7.07. The molecule has 5 nitrogen and oxygen atoms in total.